The van der Waals surface area contributed by atoms with Gasteiger partial charge in [-0.05, 0) is 36.4 Å². The van der Waals surface area contributed by atoms with Crippen LogP contribution in [0.1, 0.15) is 42.6 Å². The number of amides is 3. The largest absolute Gasteiger partial charge is 0.295 e. The Labute approximate surface area is 140 Å². The van der Waals surface area contributed by atoms with Crippen LogP contribution in [0.2, 0.25) is 0 Å². The van der Waals surface area contributed by atoms with E-state index in [1.54, 1.807) is 4.90 Å². The number of benzene rings is 2. The minimum absolute atomic E-state index is 0.166. The van der Waals surface area contributed by atoms with Crippen molar-refractivity contribution in [2.45, 2.75) is 39.7 Å². The van der Waals surface area contributed by atoms with E-state index < -0.39 is 11.9 Å². The maximum atomic E-state index is 12.8. The standard InChI is InChI=1S/C17H14N2O3.C2H6/c1-9-5-6-11-15-10(9)3-2-4-12(15)19(17(11)22)13-7-8-14(20)18-16(13)21;1-2/h2-6,13H,7-8H2,1H3,(H,18,20,21);1-2H3. The Balaban J connectivity index is 0.000000815. The molecule has 1 atom stereocenters. The summed E-state index contributed by atoms with van der Waals surface area (Å²) in [6.45, 7) is 6.00. The van der Waals surface area contributed by atoms with Crippen LogP contribution in [-0.4, -0.2) is 23.8 Å². The summed E-state index contributed by atoms with van der Waals surface area (Å²) in [6, 6.07) is 8.86. The van der Waals surface area contributed by atoms with Crippen LogP contribution in [0.3, 0.4) is 0 Å². The fourth-order valence-corrected chi connectivity index (χ4v) is 3.39. The van der Waals surface area contributed by atoms with Gasteiger partial charge in [-0.25, -0.2) is 0 Å². The number of imide groups is 1. The number of carbonyl (C=O) groups excluding carboxylic acids is 3. The number of carbonyl (C=O) groups is 3. The normalized spacial score (nSPS) is 19.2. The van der Waals surface area contributed by atoms with Gasteiger partial charge in [-0.15, -0.1) is 0 Å². The van der Waals surface area contributed by atoms with Gasteiger partial charge in [0.25, 0.3) is 5.91 Å². The lowest BCUT2D eigenvalue weighted by Crippen LogP contribution is -2.53. The predicted molar refractivity (Wildman–Crippen MR) is 93.0 cm³/mol. The van der Waals surface area contributed by atoms with Crippen LogP contribution in [0.5, 0.6) is 0 Å². The summed E-state index contributed by atoms with van der Waals surface area (Å²) in [7, 11) is 0. The van der Waals surface area contributed by atoms with Crippen molar-refractivity contribution in [3.8, 4) is 0 Å². The van der Waals surface area contributed by atoms with Crippen molar-refractivity contribution in [2.24, 2.45) is 0 Å². The van der Waals surface area contributed by atoms with Crippen LogP contribution in [-0.2, 0) is 9.59 Å². The van der Waals surface area contributed by atoms with E-state index in [1.807, 2.05) is 51.1 Å². The van der Waals surface area contributed by atoms with Gasteiger partial charge in [-0.3, -0.25) is 24.6 Å². The lowest BCUT2D eigenvalue weighted by Gasteiger charge is -2.30. The molecule has 1 fully saturated rings. The van der Waals surface area contributed by atoms with Gasteiger partial charge in [0.05, 0.1) is 5.69 Å². The Morgan fingerprint density at radius 3 is 2.54 bits per heavy atom. The number of hydrogen-bond acceptors (Lipinski definition) is 3. The van der Waals surface area contributed by atoms with Crippen molar-refractivity contribution in [1.29, 1.82) is 0 Å². The molecule has 2 heterocycles. The first kappa shape index (κ1) is 16.2. The zero-order chi connectivity index (χ0) is 17.4. The van der Waals surface area contributed by atoms with Crippen molar-refractivity contribution in [3.63, 3.8) is 0 Å². The quantitative estimate of drug-likeness (QED) is 0.820. The third-order valence-electron chi connectivity index (χ3n) is 4.47. The number of nitrogens with one attached hydrogen (secondary N) is 1. The first-order valence-electron chi connectivity index (χ1n) is 8.27. The van der Waals surface area contributed by atoms with E-state index in [9.17, 15) is 14.4 Å². The number of rotatable bonds is 1. The Morgan fingerprint density at radius 1 is 1.08 bits per heavy atom. The maximum absolute atomic E-state index is 12.8. The second kappa shape index (κ2) is 6.07. The summed E-state index contributed by atoms with van der Waals surface area (Å²) < 4.78 is 0. The molecule has 2 aliphatic rings. The van der Waals surface area contributed by atoms with E-state index in [1.165, 1.54) is 0 Å². The Kier molecular flexibility index (Phi) is 4.09. The highest BCUT2D eigenvalue weighted by Gasteiger charge is 2.40. The molecule has 1 saturated heterocycles. The van der Waals surface area contributed by atoms with Gasteiger partial charge in [0.1, 0.15) is 6.04 Å². The zero-order valence-electron chi connectivity index (χ0n) is 14.1. The van der Waals surface area contributed by atoms with Gasteiger partial charge >= 0.3 is 0 Å². The number of hydrogen-bond donors (Lipinski definition) is 1. The van der Waals surface area contributed by atoms with E-state index in [2.05, 4.69) is 5.32 Å². The monoisotopic (exact) mass is 324 g/mol. The topological polar surface area (TPSA) is 66.5 Å². The number of aryl methyl sites for hydroxylation is 1. The predicted octanol–water partition coefficient (Wildman–Crippen LogP) is 2.94. The number of nitrogens with zero attached hydrogens (tertiary/aromatic N) is 1. The highest BCUT2D eigenvalue weighted by atomic mass is 16.2. The molecule has 5 nitrogen and oxygen atoms in total. The van der Waals surface area contributed by atoms with Crippen molar-refractivity contribution in [1.82, 2.24) is 5.32 Å². The van der Waals surface area contributed by atoms with E-state index in [-0.39, 0.29) is 18.2 Å². The highest BCUT2D eigenvalue weighted by molar-refractivity contribution is 6.27. The van der Waals surface area contributed by atoms with Gasteiger partial charge in [0, 0.05) is 17.4 Å². The molecule has 1 unspecified atom stereocenters. The second-order valence-electron chi connectivity index (χ2n) is 5.77. The first-order chi connectivity index (χ1) is 11.6. The van der Waals surface area contributed by atoms with Gasteiger partial charge in [0.15, 0.2) is 0 Å². The zero-order valence-corrected chi connectivity index (χ0v) is 14.1. The van der Waals surface area contributed by atoms with Crippen LogP contribution < -0.4 is 10.2 Å². The lowest BCUT2D eigenvalue weighted by atomic mass is 10.0. The van der Waals surface area contributed by atoms with Gasteiger partial charge in [0.2, 0.25) is 11.8 Å². The molecule has 2 aromatic rings. The van der Waals surface area contributed by atoms with Crippen LogP contribution in [0.4, 0.5) is 5.69 Å². The minimum atomic E-state index is -0.622. The average Bonchev–Trinajstić information content (AvgIpc) is 2.87. The summed E-state index contributed by atoms with van der Waals surface area (Å²) in [6.07, 6.45) is 0.616. The van der Waals surface area contributed by atoms with Gasteiger partial charge in [-0.1, -0.05) is 32.0 Å². The smallest absolute Gasteiger partial charge is 0.259 e. The molecular weight excluding hydrogens is 304 g/mol. The Morgan fingerprint density at radius 2 is 1.83 bits per heavy atom. The molecule has 0 radical (unpaired) electrons. The summed E-state index contributed by atoms with van der Waals surface area (Å²) in [5, 5.41) is 4.25. The molecule has 0 aromatic heterocycles. The molecule has 1 N–H and O–H groups in total. The van der Waals surface area contributed by atoms with Gasteiger partial charge < -0.3 is 0 Å². The molecule has 0 saturated carbocycles. The van der Waals surface area contributed by atoms with Crippen LogP contribution in [0.25, 0.3) is 10.8 Å². The molecule has 124 valence electrons. The summed E-state index contributed by atoms with van der Waals surface area (Å²) >= 11 is 0. The Hall–Kier alpha value is -2.69. The highest BCUT2D eigenvalue weighted by Crippen LogP contribution is 2.40. The van der Waals surface area contributed by atoms with E-state index in [4.69, 9.17) is 0 Å². The third-order valence-corrected chi connectivity index (χ3v) is 4.47. The molecule has 2 aliphatic heterocycles. The van der Waals surface area contributed by atoms with Crippen molar-refractivity contribution >= 4 is 34.2 Å². The molecule has 3 amide bonds. The summed E-state index contributed by atoms with van der Waals surface area (Å²) in [4.78, 5) is 37.8. The van der Waals surface area contributed by atoms with Crippen molar-refractivity contribution in [2.75, 3.05) is 4.90 Å². The van der Waals surface area contributed by atoms with Crippen molar-refractivity contribution in [3.05, 3.63) is 41.5 Å². The first-order valence-corrected chi connectivity index (χ1v) is 8.27. The molecular formula is C19H20N2O3. The third kappa shape index (κ3) is 2.28. The molecule has 0 aliphatic carbocycles. The van der Waals surface area contributed by atoms with E-state index in [0.717, 1.165) is 22.0 Å². The Bertz CT molecular complexity index is 857. The fraction of sp³-hybridized carbons (Fsp3) is 0.316. The molecule has 24 heavy (non-hydrogen) atoms. The number of piperidine rings is 1. The second-order valence-corrected chi connectivity index (χ2v) is 5.77. The number of anilines is 1. The van der Waals surface area contributed by atoms with Gasteiger partial charge in [-0.2, -0.15) is 0 Å². The average molecular weight is 324 g/mol. The van der Waals surface area contributed by atoms with Crippen LogP contribution >= 0.6 is 0 Å². The van der Waals surface area contributed by atoms with Crippen molar-refractivity contribution < 1.29 is 14.4 Å². The van der Waals surface area contributed by atoms with Crippen LogP contribution in [0.15, 0.2) is 30.3 Å². The molecule has 0 bridgehead atoms. The fourth-order valence-electron chi connectivity index (χ4n) is 3.39. The molecule has 2 aromatic carbocycles. The molecule has 4 rings (SSSR count). The van der Waals surface area contributed by atoms with Crippen LogP contribution in [0, 0.1) is 6.92 Å². The summed E-state index contributed by atoms with van der Waals surface area (Å²) in [5.74, 6) is -0.841. The SMILES string of the molecule is CC.Cc1ccc2c3c(cccc13)N(C1CCC(=O)NC1=O)C2=O. The maximum Gasteiger partial charge on any atom is 0.259 e. The summed E-state index contributed by atoms with van der Waals surface area (Å²) in [5.41, 5.74) is 2.48. The minimum Gasteiger partial charge on any atom is -0.295 e. The van der Waals surface area contributed by atoms with E-state index >= 15 is 0 Å². The molecule has 5 heteroatoms. The lowest BCUT2D eigenvalue weighted by molar-refractivity contribution is -0.134. The molecule has 0 spiro atoms. The van der Waals surface area contributed by atoms with E-state index in [0.29, 0.717) is 12.0 Å².